The summed E-state index contributed by atoms with van der Waals surface area (Å²) in [5, 5.41) is 0. The summed E-state index contributed by atoms with van der Waals surface area (Å²) in [5.41, 5.74) is 3.23. The summed E-state index contributed by atoms with van der Waals surface area (Å²) in [6.45, 7) is 2.96. The lowest BCUT2D eigenvalue weighted by molar-refractivity contribution is -0.141. The highest BCUT2D eigenvalue weighted by Gasteiger charge is 2.31. The molecule has 7 heteroatoms. The quantitative estimate of drug-likeness (QED) is 0.335. The number of thioether (sulfide) groups is 1. The fourth-order valence-electron chi connectivity index (χ4n) is 2.84. The van der Waals surface area contributed by atoms with Crippen LogP contribution < -0.4 is 4.74 Å². The van der Waals surface area contributed by atoms with Gasteiger partial charge in [0.1, 0.15) is 16.7 Å². The predicted molar refractivity (Wildman–Crippen MR) is 123 cm³/mol. The molecule has 2 aromatic rings. The molecule has 1 aliphatic rings. The van der Waals surface area contributed by atoms with Gasteiger partial charge in [0.25, 0.3) is 5.91 Å². The van der Waals surface area contributed by atoms with Gasteiger partial charge >= 0.3 is 5.97 Å². The highest BCUT2D eigenvalue weighted by atomic mass is 32.2. The maximum atomic E-state index is 12.6. The topological polar surface area (TPSA) is 55.8 Å². The Morgan fingerprint density at radius 2 is 1.83 bits per heavy atom. The second-order valence-electron chi connectivity index (χ2n) is 6.86. The fraction of sp³-hybridized carbons (Fsp3) is 0.261. The Labute approximate surface area is 186 Å². The largest absolute Gasteiger partial charge is 0.489 e. The van der Waals surface area contributed by atoms with Crippen molar-refractivity contribution in [1.82, 2.24) is 4.90 Å². The minimum absolute atomic E-state index is 0.130. The van der Waals surface area contributed by atoms with Gasteiger partial charge in [-0.2, -0.15) is 0 Å². The molecule has 1 aliphatic heterocycles. The molecule has 1 heterocycles. The molecule has 3 rings (SSSR count). The minimum atomic E-state index is -0.291. The molecule has 0 aliphatic carbocycles. The summed E-state index contributed by atoms with van der Waals surface area (Å²) < 4.78 is 11.0. The molecule has 5 nitrogen and oxygen atoms in total. The van der Waals surface area contributed by atoms with Crippen LogP contribution in [0, 0.1) is 6.92 Å². The number of hydrogen-bond donors (Lipinski definition) is 0. The monoisotopic (exact) mass is 441 g/mol. The van der Waals surface area contributed by atoms with E-state index >= 15 is 0 Å². The van der Waals surface area contributed by atoms with E-state index in [9.17, 15) is 9.59 Å². The van der Waals surface area contributed by atoms with Gasteiger partial charge in [0.05, 0.1) is 12.0 Å². The number of nitrogens with zero attached hydrogens (tertiary/aromatic N) is 1. The highest BCUT2D eigenvalue weighted by molar-refractivity contribution is 8.26. The molecule has 1 amide bonds. The van der Waals surface area contributed by atoms with Gasteiger partial charge in [-0.3, -0.25) is 14.5 Å². The summed E-state index contributed by atoms with van der Waals surface area (Å²) in [4.78, 5) is 26.0. The number of hydrogen-bond acceptors (Lipinski definition) is 6. The van der Waals surface area contributed by atoms with Crippen LogP contribution in [0.1, 0.15) is 29.5 Å². The van der Waals surface area contributed by atoms with Crippen LogP contribution in [0.3, 0.4) is 0 Å². The summed E-state index contributed by atoms with van der Waals surface area (Å²) in [6, 6.07) is 15.8. The van der Waals surface area contributed by atoms with Gasteiger partial charge in [0, 0.05) is 13.0 Å². The van der Waals surface area contributed by atoms with Gasteiger partial charge in [-0.1, -0.05) is 65.9 Å². The number of amides is 1. The lowest BCUT2D eigenvalue weighted by atomic mass is 10.1. The normalized spacial score (nSPS) is 15.0. The van der Waals surface area contributed by atoms with Crippen molar-refractivity contribution in [2.45, 2.75) is 26.4 Å². The van der Waals surface area contributed by atoms with Crippen LogP contribution in [-0.2, 0) is 20.9 Å². The number of methoxy groups -OCH3 is 1. The lowest BCUT2D eigenvalue weighted by Crippen LogP contribution is -2.29. The molecule has 0 N–H and O–H groups in total. The van der Waals surface area contributed by atoms with E-state index in [1.165, 1.54) is 29.3 Å². The standard InChI is InChI=1S/C23H23NO4S2/c1-16-5-7-18(8-6-16)15-28-19-11-9-17(10-12-19)14-20-22(26)24(23(29)30-20)13-3-4-21(25)27-2/h5-12,14H,3-4,13,15H2,1-2H3/b20-14-. The Morgan fingerprint density at radius 1 is 1.13 bits per heavy atom. The molecule has 0 spiro atoms. The van der Waals surface area contributed by atoms with Crippen LogP contribution in [0.15, 0.2) is 53.4 Å². The third kappa shape index (κ3) is 5.93. The van der Waals surface area contributed by atoms with Crippen molar-refractivity contribution in [3.63, 3.8) is 0 Å². The summed E-state index contributed by atoms with van der Waals surface area (Å²) in [7, 11) is 1.35. The molecule has 1 saturated heterocycles. The molecule has 0 aromatic heterocycles. The van der Waals surface area contributed by atoms with Gasteiger partial charge in [0.15, 0.2) is 0 Å². The summed E-state index contributed by atoms with van der Waals surface area (Å²) in [6.07, 6.45) is 2.60. The smallest absolute Gasteiger partial charge is 0.305 e. The van der Waals surface area contributed by atoms with E-state index in [1.54, 1.807) is 0 Å². The average Bonchev–Trinajstić information content (AvgIpc) is 3.01. The van der Waals surface area contributed by atoms with Crippen LogP contribution in [0.5, 0.6) is 5.75 Å². The lowest BCUT2D eigenvalue weighted by Gasteiger charge is -2.13. The molecule has 0 saturated carbocycles. The van der Waals surface area contributed by atoms with E-state index in [-0.39, 0.29) is 18.3 Å². The highest BCUT2D eigenvalue weighted by Crippen LogP contribution is 2.33. The zero-order valence-corrected chi connectivity index (χ0v) is 18.6. The summed E-state index contributed by atoms with van der Waals surface area (Å²) in [5.74, 6) is 0.346. The maximum absolute atomic E-state index is 12.6. The van der Waals surface area contributed by atoms with Crippen molar-refractivity contribution in [2.24, 2.45) is 0 Å². The van der Waals surface area contributed by atoms with Crippen molar-refractivity contribution >= 4 is 46.3 Å². The van der Waals surface area contributed by atoms with Gasteiger partial charge < -0.3 is 9.47 Å². The first-order valence-corrected chi connectivity index (χ1v) is 10.8. The Hall–Kier alpha value is -2.64. The van der Waals surface area contributed by atoms with Crippen molar-refractivity contribution in [3.8, 4) is 5.75 Å². The predicted octanol–water partition coefficient (Wildman–Crippen LogP) is 4.73. The number of aryl methyl sites for hydroxylation is 1. The van der Waals surface area contributed by atoms with Crippen LogP contribution in [0.25, 0.3) is 6.08 Å². The van der Waals surface area contributed by atoms with Crippen LogP contribution in [-0.4, -0.2) is 34.8 Å². The number of thiocarbonyl (C=S) groups is 1. The molecule has 0 bridgehead atoms. The summed E-state index contributed by atoms with van der Waals surface area (Å²) >= 11 is 6.59. The molecule has 0 atom stereocenters. The van der Waals surface area contributed by atoms with Crippen molar-refractivity contribution in [1.29, 1.82) is 0 Å². The fourth-order valence-corrected chi connectivity index (χ4v) is 4.15. The maximum Gasteiger partial charge on any atom is 0.305 e. The second-order valence-corrected chi connectivity index (χ2v) is 8.53. The number of ether oxygens (including phenoxy) is 2. The SMILES string of the molecule is COC(=O)CCCN1C(=O)/C(=C/c2ccc(OCc3ccc(C)cc3)cc2)SC1=S. The molecule has 0 unspecified atom stereocenters. The number of benzene rings is 2. The number of rotatable bonds is 8. The van der Waals surface area contributed by atoms with Crippen LogP contribution >= 0.6 is 24.0 Å². The average molecular weight is 442 g/mol. The number of carbonyl (C=O) groups is 2. The molecular formula is C23H23NO4S2. The first-order chi connectivity index (χ1) is 14.5. The Morgan fingerprint density at radius 3 is 2.50 bits per heavy atom. The molecular weight excluding hydrogens is 418 g/mol. The number of esters is 1. The zero-order valence-electron chi connectivity index (χ0n) is 16.9. The third-order valence-electron chi connectivity index (χ3n) is 4.57. The van der Waals surface area contributed by atoms with Crippen LogP contribution in [0.4, 0.5) is 0 Å². The van der Waals surface area contributed by atoms with Crippen molar-refractivity contribution < 1.29 is 19.1 Å². The molecule has 156 valence electrons. The van der Waals surface area contributed by atoms with E-state index in [0.717, 1.165) is 16.9 Å². The Bertz CT molecular complexity index is 952. The van der Waals surface area contributed by atoms with Crippen molar-refractivity contribution in [3.05, 3.63) is 70.1 Å². The van der Waals surface area contributed by atoms with E-state index in [0.29, 0.717) is 28.8 Å². The number of carbonyl (C=O) groups excluding carboxylic acids is 2. The van der Waals surface area contributed by atoms with E-state index in [2.05, 4.69) is 35.9 Å². The first-order valence-electron chi connectivity index (χ1n) is 9.57. The van der Waals surface area contributed by atoms with Crippen molar-refractivity contribution in [2.75, 3.05) is 13.7 Å². The minimum Gasteiger partial charge on any atom is -0.489 e. The van der Waals surface area contributed by atoms with Gasteiger partial charge in [-0.15, -0.1) is 0 Å². The first kappa shape index (κ1) is 22.1. The molecule has 30 heavy (non-hydrogen) atoms. The third-order valence-corrected chi connectivity index (χ3v) is 5.95. The van der Waals surface area contributed by atoms with E-state index in [4.69, 9.17) is 17.0 Å². The van der Waals surface area contributed by atoms with Crippen LogP contribution in [0.2, 0.25) is 0 Å². The Balaban J connectivity index is 1.57. The zero-order chi connectivity index (χ0) is 21.5. The van der Waals surface area contributed by atoms with Gasteiger partial charge in [0.2, 0.25) is 0 Å². The van der Waals surface area contributed by atoms with Gasteiger partial charge in [-0.25, -0.2) is 0 Å². The van der Waals surface area contributed by atoms with Gasteiger partial charge in [-0.05, 0) is 42.7 Å². The Kier molecular flexibility index (Phi) is 7.65. The second kappa shape index (κ2) is 10.4. The van der Waals surface area contributed by atoms with E-state index in [1.807, 2.05) is 30.3 Å². The van der Waals surface area contributed by atoms with E-state index < -0.39 is 0 Å². The molecule has 1 fully saturated rings. The molecule has 0 radical (unpaired) electrons. The molecule has 2 aromatic carbocycles.